The van der Waals surface area contributed by atoms with Crippen molar-refractivity contribution in [3.8, 4) is 0 Å². The third kappa shape index (κ3) is 3.42. The van der Waals surface area contributed by atoms with Crippen LogP contribution in [-0.4, -0.2) is 36.3 Å². The van der Waals surface area contributed by atoms with Gasteiger partial charge in [-0.1, -0.05) is 0 Å². The molecule has 0 N–H and O–H groups in total. The molecule has 1 aliphatic rings. The Balaban J connectivity index is 2.03. The van der Waals surface area contributed by atoms with Crippen LogP contribution in [-0.2, 0) is 4.74 Å². The normalized spacial score (nSPS) is 20.2. The van der Waals surface area contributed by atoms with Crippen molar-refractivity contribution in [2.24, 2.45) is 5.92 Å². The Morgan fingerprint density at radius 3 is 2.94 bits per heavy atom. The number of anilines is 1. The minimum absolute atomic E-state index is 0.634. The molecule has 0 bridgehead atoms. The van der Waals surface area contributed by atoms with Gasteiger partial charge in [0.05, 0.1) is 6.61 Å². The first-order valence-electron chi connectivity index (χ1n) is 6.84. The molecule has 2 heterocycles. The Morgan fingerprint density at radius 2 is 2.22 bits per heavy atom. The summed E-state index contributed by atoms with van der Waals surface area (Å²) in [4.78, 5) is 11.3. The van der Waals surface area contributed by atoms with Crippen LogP contribution in [0.4, 0.5) is 5.82 Å². The number of aromatic nitrogens is 2. The molecule has 4 heteroatoms. The number of piperidine rings is 1. The van der Waals surface area contributed by atoms with Gasteiger partial charge in [0.25, 0.3) is 0 Å². The average molecular weight is 249 g/mol. The van der Waals surface area contributed by atoms with Gasteiger partial charge < -0.3 is 9.64 Å². The number of ether oxygens (including phenoxy) is 1. The number of hydrogen-bond acceptors (Lipinski definition) is 4. The minimum Gasteiger partial charge on any atom is -0.381 e. The molecule has 1 aromatic heterocycles. The number of rotatable bonds is 4. The molecule has 1 unspecified atom stereocenters. The van der Waals surface area contributed by atoms with Gasteiger partial charge in [0, 0.05) is 31.5 Å². The molecule has 0 spiro atoms. The van der Waals surface area contributed by atoms with E-state index in [0.717, 1.165) is 43.6 Å². The van der Waals surface area contributed by atoms with Gasteiger partial charge in [-0.05, 0) is 39.5 Å². The average Bonchev–Trinajstić information content (AvgIpc) is 2.35. The molecule has 1 saturated heterocycles. The first kappa shape index (κ1) is 13.3. The van der Waals surface area contributed by atoms with Gasteiger partial charge in [0.2, 0.25) is 0 Å². The zero-order valence-electron chi connectivity index (χ0n) is 11.6. The highest BCUT2D eigenvalue weighted by Crippen LogP contribution is 2.22. The highest BCUT2D eigenvalue weighted by atomic mass is 16.5. The predicted molar refractivity (Wildman–Crippen MR) is 72.9 cm³/mol. The molecule has 18 heavy (non-hydrogen) atoms. The van der Waals surface area contributed by atoms with Crippen LogP contribution < -0.4 is 4.90 Å². The Kier molecular flexibility index (Phi) is 4.53. The van der Waals surface area contributed by atoms with Crippen molar-refractivity contribution in [1.82, 2.24) is 9.97 Å². The van der Waals surface area contributed by atoms with E-state index in [1.165, 1.54) is 12.8 Å². The Hall–Kier alpha value is -1.16. The van der Waals surface area contributed by atoms with Crippen LogP contribution in [0.25, 0.3) is 0 Å². The molecule has 1 aliphatic heterocycles. The Morgan fingerprint density at radius 1 is 1.39 bits per heavy atom. The Labute approximate surface area is 109 Å². The van der Waals surface area contributed by atoms with Gasteiger partial charge in [-0.15, -0.1) is 0 Å². The maximum atomic E-state index is 5.55. The maximum absolute atomic E-state index is 5.55. The maximum Gasteiger partial charge on any atom is 0.132 e. The van der Waals surface area contributed by atoms with Gasteiger partial charge in [-0.25, -0.2) is 9.97 Å². The van der Waals surface area contributed by atoms with E-state index >= 15 is 0 Å². The number of aryl methyl sites for hydroxylation is 2. The quantitative estimate of drug-likeness (QED) is 0.821. The van der Waals surface area contributed by atoms with E-state index in [1.807, 2.05) is 13.8 Å². The fourth-order valence-electron chi connectivity index (χ4n) is 2.55. The molecule has 2 rings (SSSR count). The smallest absolute Gasteiger partial charge is 0.132 e. The number of hydrogen-bond donors (Lipinski definition) is 0. The van der Waals surface area contributed by atoms with Gasteiger partial charge in [-0.3, -0.25) is 0 Å². The second kappa shape index (κ2) is 6.14. The van der Waals surface area contributed by atoms with Crippen LogP contribution in [0.1, 0.15) is 31.3 Å². The molecule has 0 amide bonds. The Bertz CT molecular complexity index is 374. The summed E-state index contributed by atoms with van der Waals surface area (Å²) in [6.07, 6.45) is 2.49. The summed E-state index contributed by atoms with van der Waals surface area (Å²) < 4.78 is 5.55. The van der Waals surface area contributed by atoms with E-state index in [-0.39, 0.29) is 0 Å². The van der Waals surface area contributed by atoms with Crippen molar-refractivity contribution in [3.05, 3.63) is 17.6 Å². The fourth-order valence-corrected chi connectivity index (χ4v) is 2.55. The molecule has 4 nitrogen and oxygen atoms in total. The van der Waals surface area contributed by atoms with E-state index in [4.69, 9.17) is 4.74 Å². The summed E-state index contributed by atoms with van der Waals surface area (Å²) in [5.74, 6) is 2.56. The molecule has 1 atom stereocenters. The second-order valence-electron chi connectivity index (χ2n) is 5.03. The van der Waals surface area contributed by atoms with Crippen molar-refractivity contribution in [2.45, 2.75) is 33.6 Å². The SMILES string of the molecule is CCOCC1CCCN(c2cc(C)nc(C)n2)C1. The van der Waals surface area contributed by atoms with Crippen LogP contribution in [0.5, 0.6) is 0 Å². The van der Waals surface area contributed by atoms with Crippen molar-refractivity contribution < 1.29 is 4.74 Å². The number of nitrogens with zero attached hydrogens (tertiary/aromatic N) is 3. The fraction of sp³-hybridized carbons (Fsp3) is 0.714. The molecule has 0 saturated carbocycles. The highest BCUT2D eigenvalue weighted by Gasteiger charge is 2.21. The van der Waals surface area contributed by atoms with E-state index in [9.17, 15) is 0 Å². The summed E-state index contributed by atoms with van der Waals surface area (Å²) >= 11 is 0. The lowest BCUT2D eigenvalue weighted by Gasteiger charge is -2.33. The summed E-state index contributed by atoms with van der Waals surface area (Å²) in [5.41, 5.74) is 1.05. The van der Waals surface area contributed by atoms with E-state index in [0.29, 0.717) is 5.92 Å². The lowest BCUT2D eigenvalue weighted by Crippen LogP contribution is -2.38. The van der Waals surface area contributed by atoms with Crippen molar-refractivity contribution >= 4 is 5.82 Å². The zero-order chi connectivity index (χ0) is 13.0. The first-order valence-corrected chi connectivity index (χ1v) is 6.84. The molecule has 1 fully saturated rings. The molecular weight excluding hydrogens is 226 g/mol. The summed E-state index contributed by atoms with van der Waals surface area (Å²) in [5, 5.41) is 0. The zero-order valence-corrected chi connectivity index (χ0v) is 11.6. The molecule has 1 aromatic rings. The van der Waals surface area contributed by atoms with Gasteiger partial charge in [0.1, 0.15) is 11.6 Å². The van der Waals surface area contributed by atoms with Crippen LogP contribution in [0.2, 0.25) is 0 Å². The van der Waals surface area contributed by atoms with Crippen molar-refractivity contribution in [3.63, 3.8) is 0 Å². The van der Waals surface area contributed by atoms with Crippen LogP contribution in [0, 0.1) is 19.8 Å². The van der Waals surface area contributed by atoms with E-state index in [2.05, 4.69) is 27.9 Å². The van der Waals surface area contributed by atoms with E-state index in [1.54, 1.807) is 0 Å². The topological polar surface area (TPSA) is 38.2 Å². The van der Waals surface area contributed by atoms with Gasteiger partial charge in [0.15, 0.2) is 0 Å². The van der Waals surface area contributed by atoms with Crippen LogP contribution >= 0.6 is 0 Å². The largest absolute Gasteiger partial charge is 0.381 e. The molecule has 0 aromatic carbocycles. The lowest BCUT2D eigenvalue weighted by molar-refractivity contribution is 0.104. The minimum atomic E-state index is 0.634. The summed E-state index contributed by atoms with van der Waals surface area (Å²) in [7, 11) is 0. The van der Waals surface area contributed by atoms with Crippen LogP contribution in [0.15, 0.2) is 6.07 Å². The molecule has 0 radical (unpaired) electrons. The van der Waals surface area contributed by atoms with Gasteiger partial charge in [-0.2, -0.15) is 0 Å². The summed E-state index contributed by atoms with van der Waals surface area (Å²) in [6, 6.07) is 2.08. The third-order valence-corrected chi connectivity index (χ3v) is 3.35. The lowest BCUT2D eigenvalue weighted by atomic mass is 9.99. The van der Waals surface area contributed by atoms with Crippen molar-refractivity contribution in [2.75, 3.05) is 31.2 Å². The highest BCUT2D eigenvalue weighted by molar-refractivity contribution is 5.40. The van der Waals surface area contributed by atoms with Crippen LogP contribution in [0.3, 0.4) is 0 Å². The molecule has 0 aliphatic carbocycles. The first-order chi connectivity index (χ1) is 8.69. The second-order valence-corrected chi connectivity index (χ2v) is 5.03. The summed E-state index contributed by atoms with van der Waals surface area (Å²) in [6.45, 7) is 9.86. The third-order valence-electron chi connectivity index (χ3n) is 3.35. The van der Waals surface area contributed by atoms with E-state index < -0.39 is 0 Å². The van der Waals surface area contributed by atoms with Gasteiger partial charge >= 0.3 is 0 Å². The monoisotopic (exact) mass is 249 g/mol. The molecule has 100 valence electrons. The molecular formula is C14H23N3O. The van der Waals surface area contributed by atoms with Crippen molar-refractivity contribution in [1.29, 1.82) is 0 Å². The predicted octanol–water partition coefficient (Wildman–Crippen LogP) is 2.35. The standard InChI is InChI=1S/C14H23N3O/c1-4-18-10-13-6-5-7-17(9-13)14-8-11(2)15-12(3)16-14/h8,13H,4-7,9-10H2,1-3H3.